The quantitative estimate of drug-likeness (QED) is 0.467. The minimum absolute atomic E-state index is 0.332. The summed E-state index contributed by atoms with van der Waals surface area (Å²) in [6, 6.07) is 12.0. The second kappa shape index (κ2) is 11.3. The Kier molecular flexibility index (Phi) is 8.27. The second-order valence-corrected chi connectivity index (χ2v) is 7.44. The zero-order valence-corrected chi connectivity index (χ0v) is 18.9. The van der Waals surface area contributed by atoms with Crippen LogP contribution in [0.3, 0.4) is 0 Å². The third-order valence-corrected chi connectivity index (χ3v) is 5.42. The Hall–Kier alpha value is -3.09. The van der Waals surface area contributed by atoms with Crippen molar-refractivity contribution in [1.82, 2.24) is 10.6 Å². The predicted molar refractivity (Wildman–Crippen MR) is 122 cm³/mol. The van der Waals surface area contributed by atoms with Crippen molar-refractivity contribution in [2.45, 2.75) is 44.9 Å². The van der Waals surface area contributed by atoms with Crippen LogP contribution in [0.2, 0.25) is 0 Å². The topological polar surface area (TPSA) is 73.3 Å². The van der Waals surface area contributed by atoms with E-state index in [-0.39, 0.29) is 0 Å². The molecular formula is C24H33N3O4. The molecule has 0 bridgehead atoms. The fourth-order valence-electron chi connectivity index (χ4n) is 3.77. The van der Waals surface area contributed by atoms with Crippen molar-refractivity contribution in [2.75, 3.05) is 28.4 Å². The molecule has 2 aromatic rings. The zero-order valence-electron chi connectivity index (χ0n) is 18.9. The number of ether oxygens (including phenoxy) is 4. The van der Waals surface area contributed by atoms with Crippen LogP contribution in [0.4, 0.5) is 0 Å². The van der Waals surface area contributed by atoms with Gasteiger partial charge in [0.1, 0.15) is 5.75 Å². The molecule has 1 fully saturated rings. The van der Waals surface area contributed by atoms with Gasteiger partial charge in [0.15, 0.2) is 17.5 Å². The fraction of sp³-hybridized carbons (Fsp3) is 0.458. The Labute approximate surface area is 184 Å². The number of nitrogens with one attached hydrogen (secondary N) is 2. The van der Waals surface area contributed by atoms with Crippen molar-refractivity contribution in [2.24, 2.45) is 4.99 Å². The molecule has 2 N–H and O–H groups in total. The zero-order chi connectivity index (χ0) is 22.1. The van der Waals surface area contributed by atoms with E-state index < -0.39 is 0 Å². The molecule has 0 amide bonds. The van der Waals surface area contributed by atoms with Gasteiger partial charge in [-0.3, -0.25) is 4.99 Å². The molecule has 0 aliphatic heterocycles. The normalized spacial score (nSPS) is 14.3. The summed E-state index contributed by atoms with van der Waals surface area (Å²) < 4.78 is 22.5. The summed E-state index contributed by atoms with van der Waals surface area (Å²) in [5.74, 6) is 3.47. The molecule has 0 unspecified atom stereocenters. The van der Waals surface area contributed by atoms with Crippen LogP contribution in [-0.4, -0.2) is 40.4 Å². The van der Waals surface area contributed by atoms with E-state index in [0.29, 0.717) is 42.4 Å². The Bertz CT molecular complexity index is 854. The van der Waals surface area contributed by atoms with Crippen LogP contribution < -0.4 is 29.6 Å². The molecule has 7 nitrogen and oxygen atoms in total. The molecule has 168 valence electrons. The van der Waals surface area contributed by atoms with E-state index in [4.69, 9.17) is 18.9 Å². The van der Waals surface area contributed by atoms with Gasteiger partial charge in [0.25, 0.3) is 0 Å². The van der Waals surface area contributed by atoms with Crippen LogP contribution in [0.5, 0.6) is 23.0 Å². The van der Waals surface area contributed by atoms with Gasteiger partial charge in [0.05, 0.1) is 27.4 Å². The summed E-state index contributed by atoms with van der Waals surface area (Å²) in [5.41, 5.74) is 2.10. The van der Waals surface area contributed by atoms with Crippen molar-refractivity contribution in [3.05, 3.63) is 47.5 Å². The molecule has 7 heteroatoms. The minimum Gasteiger partial charge on any atom is -0.493 e. The molecule has 1 aliphatic rings. The Balaban J connectivity index is 1.61. The Morgan fingerprint density at radius 3 is 2.16 bits per heavy atom. The first-order chi connectivity index (χ1) is 15.2. The van der Waals surface area contributed by atoms with Crippen molar-refractivity contribution in [1.29, 1.82) is 0 Å². The van der Waals surface area contributed by atoms with Gasteiger partial charge in [0.2, 0.25) is 5.75 Å². The molecule has 0 radical (unpaired) electrons. The minimum atomic E-state index is 0.332. The lowest BCUT2D eigenvalue weighted by molar-refractivity contribution is 0.208. The van der Waals surface area contributed by atoms with Gasteiger partial charge in [-0.25, -0.2) is 0 Å². The molecule has 0 heterocycles. The summed E-state index contributed by atoms with van der Waals surface area (Å²) in [5, 5.41) is 6.71. The van der Waals surface area contributed by atoms with Crippen LogP contribution in [-0.2, 0) is 13.1 Å². The number of rotatable bonds is 9. The van der Waals surface area contributed by atoms with Gasteiger partial charge in [-0.05, 0) is 49.4 Å². The van der Waals surface area contributed by atoms with E-state index >= 15 is 0 Å². The average molecular weight is 428 g/mol. The molecule has 1 aliphatic carbocycles. The van der Waals surface area contributed by atoms with Gasteiger partial charge in [0, 0.05) is 25.7 Å². The highest BCUT2D eigenvalue weighted by Gasteiger charge is 2.18. The number of aliphatic imine (C=N–C) groups is 1. The molecule has 0 aromatic heterocycles. The van der Waals surface area contributed by atoms with Crippen LogP contribution >= 0.6 is 0 Å². The van der Waals surface area contributed by atoms with E-state index in [9.17, 15) is 0 Å². The lowest BCUT2D eigenvalue weighted by Crippen LogP contribution is -2.36. The highest BCUT2D eigenvalue weighted by atomic mass is 16.5. The molecule has 3 rings (SSSR count). The molecule has 1 saturated carbocycles. The summed E-state index contributed by atoms with van der Waals surface area (Å²) in [6.45, 7) is 1.18. The molecule has 0 spiro atoms. The van der Waals surface area contributed by atoms with E-state index in [1.807, 2.05) is 30.3 Å². The average Bonchev–Trinajstić information content (AvgIpc) is 3.32. The maximum absolute atomic E-state index is 6.23. The van der Waals surface area contributed by atoms with Gasteiger partial charge >= 0.3 is 0 Å². The van der Waals surface area contributed by atoms with E-state index in [1.54, 1.807) is 28.4 Å². The summed E-state index contributed by atoms with van der Waals surface area (Å²) in [7, 11) is 6.57. The number of hydrogen-bond acceptors (Lipinski definition) is 5. The van der Waals surface area contributed by atoms with Crippen molar-refractivity contribution >= 4 is 5.96 Å². The van der Waals surface area contributed by atoms with Crippen molar-refractivity contribution in [3.63, 3.8) is 0 Å². The van der Waals surface area contributed by atoms with Crippen LogP contribution in [0.1, 0.15) is 36.8 Å². The molecular weight excluding hydrogens is 394 g/mol. The third-order valence-electron chi connectivity index (χ3n) is 5.42. The highest BCUT2D eigenvalue weighted by molar-refractivity contribution is 5.79. The first kappa shape index (κ1) is 22.6. The predicted octanol–water partition coefficient (Wildman–Crippen LogP) is 3.90. The molecule has 0 atom stereocenters. The van der Waals surface area contributed by atoms with Gasteiger partial charge in [-0.15, -0.1) is 0 Å². The summed E-state index contributed by atoms with van der Waals surface area (Å²) in [6.07, 6.45) is 5.11. The first-order valence-corrected chi connectivity index (χ1v) is 10.7. The number of hydrogen-bond donors (Lipinski definition) is 2. The second-order valence-electron chi connectivity index (χ2n) is 7.44. The van der Waals surface area contributed by atoms with Crippen molar-refractivity contribution < 1.29 is 18.9 Å². The van der Waals surface area contributed by atoms with Crippen molar-refractivity contribution in [3.8, 4) is 23.0 Å². The standard InChI is InChI=1S/C24H33N3O4/c1-25-24(26-15-17-13-21(28-2)23(30-4)22(14-17)29-3)27-16-18-9-5-8-12-20(18)31-19-10-6-7-11-19/h5,8-9,12-14,19H,6-7,10-11,15-16H2,1-4H3,(H2,25,26,27). The first-order valence-electron chi connectivity index (χ1n) is 10.7. The lowest BCUT2D eigenvalue weighted by atomic mass is 10.1. The molecule has 0 saturated heterocycles. The fourth-order valence-corrected chi connectivity index (χ4v) is 3.77. The van der Waals surface area contributed by atoms with Gasteiger partial charge < -0.3 is 29.6 Å². The molecule has 2 aromatic carbocycles. The third kappa shape index (κ3) is 5.96. The largest absolute Gasteiger partial charge is 0.493 e. The number of guanidine groups is 1. The van der Waals surface area contributed by atoms with Gasteiger partial charge in [-0.1, -0.05) is 18.2 Å². The van der Waals surface area contributed by atoms with E-state index in [2.05, 4.69) is 21.7 Å². The lowest BCUT2D eigenvalue weighted by Gasteiger charge is -2.18. The number of methoxy groups -OCH3 is 3. The highest BCUT2D eigenvalue weighted by Crippen LogP contribution is 2.38. The van der Waals surface area contributed by atoms with Crippen LogP contribution in [0, 0.1) is 0 Å². The van der Waals surface area contributed by atoms with E-state index in [1.165, 1.54) is 12.8 Å². The number of para-hydroxylation sites is 1. The number of nitrogens with zero attached hydrogens (tertiary/aromatic N) is 1. The Morgan fingerprint density at radius 2 is 1.55 bits per heavy atom. The maximum Gasteiger partial charge on any atom is 0.203 e. The molecule has 31 heavy (non-hydrogen) atoms. The Morgan fingerprint density at radius 1 is 0.903 bits per heavy atom. The monoisotopic (exact) mass is 427 g/mol. The number of benzene rings is 2. The van der Waals surface area contributed by atoms with Crippen LogP contribution in [0.15, 0.2) is 41.4 Å². The maximum atomic E-state index is 6.23. The summed E-state index contributed by atoms with van der Waals surface area (Å²) >= 11 is 0. The van der Waals surface area contributed by atoms with Crippen LogP contribution in [0.25, 0.3) is 0 Å². The van der Waals surface area contributed by atoms with E-state index in [0.717, 1.165) is 29.7 Å². The SMILES string of the molecule is CN=C(NCc1cc(OC)c(OC)c(OC)c1)NCc1ccccc1OC1CCCC1. The summed E-state index contributed by atoms with van der Waals surface area (Å²) in [4.78, 5) is 4.34. The van der Waals surface area contributed by atoms with Gasteiger partial charge in [-0.2, -0.15) is 0 Å². The smallest absolute Gasteiger partial charge is 0.203 e.